The highest BCUT2D eigenvalue weighted by Gasteiger charge is 2.32. The molecule has 1 aromatic rings. The number of aliphatic hydroxyl groups is 1. The fraction of sp³-hybridized carbons (Fsp3) is 0.682. The second kappa shape index (κ2) is 10.2. The van der Waals surface area contributed by atoms with Crippen molar-refractivity contribution in [3.05, 3.63) is 29.8 Å². The van der Waals surface area contributed by atoms with E-state index >= 15 is 0 Å². The molecule has 6 nitrogen and oxygen atoms in total. The third-order valence-corrected chi connectivity index (χ3v) is 6.23. The zero-order valence-electron chi connectivity index (χ0n) is 16.9. The average molecular weight is 391 g/mol. The molecule has 0 aromatic heterocycles. The van der Waals surface area contributed by atoms with E-state index in [4.69, 9.17) is 15.1 Å². The van der Waals surface area contributed by atoms with Gasteiger partial charge in [-0.1, -0.05) is 25.0 Å². The molecule has 3 aliphatic rings. The molecular formula is C22H34N2O4. The molecule has 1 aliphatic carbocycles. The van der Waals surface area contributed by atoms with Gasteiger partial charge in [0.2, 0.25) is 5.91 Å². The van der Waals surface area contributed by atoms with Gasteiger partial charge in [0, 0.05) is 38.0 Å². The first-order chi connectivity index (χ1) is 13.6. The Morgan fingerprint density at radius 2 is 1.64 bits per heavy atom. The van der Waals surface area contributed by atoms with Crippen LogP contribution in [0, 0.1) is 5.92 Å². The fourth-order valence-corrected chi connectivity index (χ4v) is 4.39. The van der Waals surface area contributed by atoms with Crippen molar-refractivity contribution >= 4 is 5.91 Å². The van der Waals surface area contributed by atoms with Crippen molar-refractivity contribution in [2.75, 3.05) is 33.3 Å². The predicted octanol–water partition coefficient (Wildman–Crippen LogP) is 3.03. The molecule has 6 heteroatoms. The minimum Gasteiger partial charge on any atom is -0.497 e. The van der Waals surface area contributed by atoms with Gasteiger partial charge in [0.15, 0.2) is 0 Å². The number of aliphatic hydroxyl groups excluding tert-OH is 1. The number of methoxy groups -OCH3 is 1. The van der Waals surface area contributed by atoms with E-state index in [2.05, 4.69) is 17.0 Å². The van der Waals surface area contributed by atoms with E-state index in [0.717, 1.165) is 38.1 Å². The van der Waals surface area contributed by atoms with Gasteiger partial charge < -0.3 is 20.0 Å². The van der Waals surface area contributed by atoms with Gasteiger partial charge in [-0.15, -0.1) is 0 Å². The third-order valence-electron chi connectivity index (χ3n) is 6.23. The van der Waals surface area contributed by atoms with E-state index in [1.54, 1.807) is 7.11 Å². The normalized spacial score (nSPS) is 24.1. The summed E-state index contributed by atoms with van der Waals surface area (Å²) in [5, 5.41) is 18.9. The molecule has 156 valence electrons. The summed E-state index contributed by atoms with van der Waals surface area (Å²) in [6.07, 6.45) is 6.97. The van der Waals surface area contributed by atoms with Crippen LogP contribution in [0.3, 0.4) is 0 Å². The number of hydrogen-bond donors (Lipinski definition) is 2. The monoisotopic (exact) mass is 390 g/mol. The number of carbonyl (C=O) groups excluding carboxylic acids is 1. The highest BCUT2D eigenvalue weighted by molar-refractivity contribution is 5.79. The van der Waals surface area contributed by atoms with E-state index in [-0.39, 0.29) is 6.10 Å². The Morgan fingerprint density at radius 1 is 1.00 bits per heavy atom. The van der Waals surface area contributed by atoms with Gasteiger partial charge in [0.1, 0.15) is 5.75 Å². The lowest BCUT2D eigenvalue weighted by Gasteiger charge is -2.23. The Labute approximate surface area is 168 Å². The van der Waals surface area contributed by atoms with Crippen LogP contribution in [0.1, 0.15) is 56.4 Å². The summed E-state index contributed by atoms with van der Waals surface area (Å²) in [6.45, 7) is 3.04. The van der Waals surface area contributed by atoms with Crippen LogP contribution in [0.2, 0.25) is 0 Å². The van der Waals surface area contributed by atoms with Crippen LogP contribution in [-0.4, -0.2) is 65.6 Å². The summed E-state index contributed by atoms with van der Waals surface area (Å²) in [6, 6.07) is 8.29. The smallest absolute Gasteiger partial charge is 0.225 e. The Kier molecular flexibility index (Phi) is 7.71. The first-order valence-electron chi connectivity index (χ1n) is 10.6. The minimum absolute atomic E-state index is 0.182. The van der Waals surface area contributed by atoms with Crippen molar-refractivity contribution in [2.24, 2.45) is 5.92 Å². The number of benzene rings is 1. The van der Waals surface area contributed by atoms with Crippen LogP contribution in [0.15, 0.2) is 24.3 Å². The lowest BCUT2D eigenvalue weighted by Crippen LogP contribution is -2.33. The summed E-state index contributed by atoms with van der Waals surface area (Å²) in [4.78, 5) is 14.5. The lowest BCUT2D eigenvalue weighted by atomic mass is 9.98. The van der Waals surface area contributed by atoms with Crippen LogP contribution in [-0.2, 0) is 4.79 Å². The fourth-order valence-electron chi connectivity index (χ4n) is 4.39. The van der Waals surface area contributed by atoms with E-state index in [0.29, 0.717) is 43.7 Å². The quantitative estimate of drug-likeness (QED) is 0.830. The van der Waals surface area contributed by atoms with Crippen molar-refractivity contribution in [3.63, 3.8) is 0 Å². The zero-order valence-corrected chi connectivity index (χ0v) is 16.9. The van der Waals surface area contributed by atoms with E-state index in [1.165, 1.54) is 23.5 Å². The van der Waals surface area contributed by atoms with Crippen molar-refractivity contribution in [3.8, 4) is 5.75 Å². The maximum absolute atomic E-state index is 12.4. The molecule has 0 bridgehead atoms. The largest absolute Gasteiger partial charge is 0.497 e. The van der Waals surface area contributed by atoms with Crippen LogP contribution < -0.4 is 4.74 Å². The van der Waals surface area contributed by atoms with E-state index < -0.39 is 0 Å². The number of nitrogens with zero attached hydrogens (tertiary/aromatic N) is 2. The molecular weight excluding hydrogens is 356 g/mol. The second-order valence-electron chi connectivity index (χ2n) is 8.21. The number of hydrogen-bond acceptors (Lipinski definition) is 5. The zero-order chi connectivity index (χ0) is 19.9. The highest BCUT2D eigenvalue weighted by Crippen LogP contribution is 2.32. The number of amides is 1. The molecule has 1 amide bonds. The van der Waals surface area contributed by atoms with Gasteiger partial charge in [-0.25, -0.2) is 0 Å². The third kappa shape index (κ3) is 5.69. The van der Waals surface area contributed by atoms with Gasteiger partial charge in [-0.05, 0) is 49.8 Å². The molecule has 1 atom stereocenters. The summed E-state index contributed by atoms with van der Waals surface area (Å²) in [5.74, 6) is 2.10. The Balaban J connectivity index is 0.000000236. The molecule has 1 aromatic carbocycles. The van der Waals surface area contributed by atoms with Gasteiger partial charge in [-0.2, -0.15) is 5.06 Å². The molecule has 2 saturated heterocycles. The number of hydroxylamine groups is 2. The molecule has 2 N–H and O–H groups in total. The Bertz CT molecular complexity index is 597. The summed E-state index contributed by atoms with van der Waals surface area (Å²) in [7, 11) is 1.69. The lowest BCUT2D eigenvalue weighted by molar-refractivity contribution is -0.134. The SMILES string of the molecule is COc1ccc(C2CCN(C(=O)C3CCCC3)C2)cc1.OC1CCN(O)CC1. The number of ether oxygens (including phenoxy) is 1. The molecule has 0 spiro atoms. The van der Waals surface area contributed by atoms with Crippen LogP contribution >= 0.6 is 0 Å². The molecule has 1 saturated carbocycles. The number of piperidine rings is 1. The number of rotatable bonds is 3. The van der Waals surface area contributed by atoms with Gasteiger partial charge in [0.05, 0.1) is 13.2 Å². The van der Waals surface area contributed by atoms with Gasteiger partial charge >= 0.3 is 0 Å². The molecule has 28 heavy (non-hydrogen) atoms. The van der Waals surface area contributed by atoms with Crippen molar-refractivity contribution in [1.82, 2.24) is 9.96 Å². The van der Waals surface area contributed by atoms with E-state index in [9.17, 15) is 4.79 Å². The topological polar surface area (TPSA) is 73.2 Å². The minimum atomic E-state index is -0.182. The summed E-state index contributed by atoms with van der Waals surface area (Å²) < 4.78 is 5.19. The van der Waals surface area contributed by atoms with Gasteiger partial charge in [0.25, 0.3) is 0 Å². The van der Waals surface area contributed by atoms with Crippen LogP contribution in [0.4, 0.5) is 0 Å². The Hall–Kier alpha value is -1.63. The first-order valence-corrected chi connectivity index (χ1v) is 10.6. The van der Waals surface area contributed by atoms with Crippen molar-refractivity contribution in [2.45, 2.75) is 57.0 Å². The number of carbonyl (C=O) groups is 1. The summed E-state index contributed by atoms with van der Waals surface area (Å²) in [5.41, 5.74) is 1.33. The molecule has 2 heterocycles. The van der Waals surface area contributed by atoms with Crippen molar-refractivity contribution in [1.29, 1.82) is 0 Å². The summed E-state index contributed by atoms with van der Waals surface area (Å²) >= 11 is 0. The predicted molar refractivity (Wildman–Crippen MR) is 107 cm³/mol. The standard InChI is InChI=1S/C17H23NO2.C5H11NO2/c1-20-16-8-6-13(7-9-16)15-10-11-18(12-15)17(19)14-4-2-3-5-14;7-5-1-3-6(8)4-2-5/h6-9,14-15H,2-5,10-12H2,1H3;5,7-8H,1-4H2. The van der Waals surface area contributed by atoms with Crippen LogP contribution in [0.5, 0.6) is 5.75 Å². The van der Waals surface area contributed by atoms with E-state index in [1.807, 2.05) is 12.1 Å². The molecule has 2 aliphatic heterocycles. The first kappa shape index (κ1) is 21.1. The second-order valence-corrected chi connectivity index (χ2v) is 8.21. The molecule has 1 unspecified atom stereocenters. The number of likely N-dealkylation sites (tertiary alicyclic amines) is 1. The maximum atomic E-state index is 12.4. The maximum Gasteiger partial charge on any atom is 0.225 e. The molecule has 3 fully saturated rings. The molecule has 4 rings (SSSR count). The molecule has 0 radical (unpaired) electrons. The highest BCUT2D eigenvalue weighted by atomic mass is 16.5. The van der Waals surface area contributed by atoms with Crippen LogP contribution in [0.25, 0.3) is 0 Å². The van der Waals surface area contributed by atoms with Crippen molar-refractivity contribution < 1.29 is 19.8 Å². The average Bonchev–Trinajstić information content (AvgIpc) is 3.43. The van der Waals surface area contributed by atoms with Gasteiger partial charge in [-0.3, -0.25) is 4.79 Å². The Morgan fingerprint density at radius 3 is 2.21 bits per heavy atom.